The van der Waals surface area contributed by atoms with Gasteiger partial charge in [0, 0.05) is 30.5 Å². The molecule has 5 nitrogen and oxygen atoms in total. The lowest BCUT2D eigenvalue weighted by Gasteiger charge is -2.08. The van der Waals surface area contributed by atoms with E-state index in [0.29, 0.717) is 18.4 Å². The number of aromatic nitrogens is 3. The van der Waals surface area contributed by atoms with Gasteiger partial charge in [-0.25, -0.2) is 0 Å². The molecule has 2 heterocycles. The smallest absolute Gasteiger partial charge is 0.264 e. The second kappa shape index (κ2) is 6.10. The van der Waals surface area contributed by atoms with E-state index in [2.05, 4.69) is 33.0 Å². The molecule has 3 rings (SSSR count). The lowest BCUT2D eigenvalue weighted by Crippen LogP contribution is -2.07. The van der Waals surface area contributed by atoms with Crippen LogP contribution < -0.4 is 0 Å². The Bertz CT molecular complexity index is 730. The average Bonchev–Trinajstić information content (AvgIpc) is 3.12. The zero-order valence-corrected chi connectivity index (χ0v) is 12.4. The van der Waals surface area contributed by atoms with Crippen LogP contribution in [0.3, 0.4) is 0 Å². The highest BCUT2D eigenvalue weighted by Gasteiger charge is 2.15. The summed E-state index contributed by atoms with van der Waals surface area (Å²) in [6.45, 7) is 6.15. The summed E-state index contributed by atoms with van der Waals surface area (Å²) >= 11 is 0. The van der Waals surface area contributed by atoms with Gasteiger partial charge in [-0.1, -0.05) is 25.1 Å². The zero-order chi connectivity index (χ0) is 14.7. The van der Waals surface area contributed by atoms with Crippen molar-refractivity contribution in [2.75, 3.05) is 13.2 Å². The number of aryl methyl sites for hydroxylation is 1. The second-order valence-electron chi connectivity index (χ2n) is 4.79. The molecule has 0 saturated heterocycles. The molecule has 5 heteroatoms. The van der Waals surface area contributed by atoms with E-state index in [4.69, 9.17) is 9.15 Å². The van der Waals surface area contributed by atoms with E-state index in [1.165, 1.54) is 5.39 Å². The van der Waals surface area contributed by atoms with Gasteiger partial charge in [-0.2, -0.15) is 0 Å². The highest BCUT2D eigenvalue weighted by atomic mass is 16.5. The fraction of sp³-hybridized carbons (Fsp3) is 0.375. The Morgan fingerprint density at radius 2 is 2.05 bits per heavy atom. The Labute approximate surface area is 123 Å². The molecule has 0 unspecified atom stereocenters. The van der Waals surface area contributed by atoms with Crippen LogP contribution in [-0.4, -0.2) is 28.0 Å². The highest BCUT2D eigenvalue weighted by Crippen LogP contribution is 2.27. The first kappa shape index (κ1) is 13.8. The summed E-state index contributed by atoms with van der Waals surface area (Å²) in [5.74, 6) is 1.23. The average molecular weight is 285 g/mol. The van der Waals surface area contributed by atoms with Gasteiger partial charge in [-0.15, -0.1) is 10.2 Å². The van der Waals surface area contributed by atoms with Gasteiger partial charge in [0.25, 0.3) is 5.89 Å². The molecule has 0 atom stereocenters. The molecule has 0 aliphatic heterocycles. The molecule has 1 aromatic carbocycles. The van der Waals surface area contributed by atoms with Crippen LogP contribution in [0.4, 0.5) is 0 Å². The summed E-state index contributed by atoms with van der Waals surface area (Å²) in [5, 5.41) is 9.39. The molecule has 2 aromatic heterocycles. The largest absolute Gasteiger partial charge is 0.419 e. The van der Waals surface area contributed by atoms with Gasteiger partial charge in [0.2, 0.25) is 5.89 Å². The van der Waals surface area contributed by atoms with Gasteiger partial charge in [0.1, 0.15) is 5.69 Å². The Kier molecular flexibility index (Phi) is 4.01. The SMILES string of the molecule is CCOCCn1c(-c2nnc(CC)o2)cc2ccccc21. The van der Waals surface area contributed by atoms with Crippen molar-refractivity contribution in [3.05, 3.63) is 36.2 Å². The van der Waals surface area contributed by atoms with Crippen LogP contribution >= 0.6 is 0 Å². The number of nitrogens with zero attached hydrogens (tertiary/aromatic N) is 3. The topological polar surface area (TPSA) is 53.1 Å². The molecule has 3 aromatic rings. The molecule has 0 aliphatic carbocycles. The van der Waals surface area contributed by atoms with Gasteiger partial charge in [-0.05, 0) is 19.1 Å². The van der Waals surface area contributed by atoms with Crippen molar-refractivity contribution in [3.8, 4) is 11.6 Å². The maximum atomic E-state index is 5.71. The van der Waals surface area contributed by atoms with Crippen molar-refractivity contribution in [2.24, 2.45) is 0 Å². The normalized spacial score (nSPS) is 11.3. The first-order valence-electron chi connectivity index (χ1n) is 7.32. The molecule has 0 amide bonds. The minimum atomic E-state index is 0.569. The molecule has 21 heavy (non-hydrogen) atoms. The fourth-order valence-electron chi connectivity index (χ4n) is 2.43. The summed E-state index contributed by atoms with van der Waals surface area (Å²) < 4.78 is 13.4. The third-order valence-electron chi connectivity index (χ3n) is 3.46. The number of benzene rings is 1. The molecule has 0 fully saturated rings. The summed E-state index contributed by atoms with van der Waals surface area (Å²) in [5.41, 5.74) is 2.10. The maximum Gasteiger partial charge on any atom is 0.264 e. The van der Waals surface area contributed by atoms with Crippen LogP contribution in [0.1, 0.15) is 19.7 Å². The molecule has 0 saturated carbocycles. The van der Waals surface area contributed by atoms with E-state index in [-0.39, 0.29) is 0 Å². The van der Waals surface area contributed by atoms with Gasteiger partial charge in [-0.3, -0.25) is 0 Å². The lowest BCUT2D eigenvalue weighted by atomic mass is 10.2. The minimum absolute atomic E-state index is 0.569. The predicted octanol–water partition coefficient (Wildman–Crippen LogP) is 3.29. The van der Waals surface area contributed by atoms with Crippen LogP contribution in [0, 0.1) is 0 Å². The van der Waals surface area contributed by atoms with E-state index in [1.54, 1.807) is 0 Å². The summed E-state index contributed by atoms with van der Waals surface area (Å²) in [7, 11) is 0. The Morgan fingerprint density at radius 3 is 2.81 bits per heavy atom. The number of rotatable bonds is 6. The Balaban J connectivity index is 2.05. The molecular formula is C16H19N3O2. The van der Waals surface area contributed by atoms with Gasteiger partial charge < -0.3 is 13.7 Å². The van der Waals surface area contributed by atoms with E-state index >= 15 is 0 Å². The standard InChI is InChI=1S/C16H19N3O2/c1-3-15-17-18-16(21-15)14-11-12-7-5-6-8-13(12)19(14)9-10-20-4-2/h5-8,11H,3-4,9-10H2,1-2H3. The number of hydrogen-bond donors (Lipinski definition) is 0. The molecule has 0 spiro atoms. The minimum Gasteiger partial charge on any atom is -0.419 e. The van der Waals surface area contributed by atoms with Crippen LogP contribution in [0.5, 0.6) is 0 Å². The van der Waals surface area contributed by atoms with Crippen LogP contribution in [-0.2, 0) is 17.7 Å². The van der Waals surface area contributed by atoms with Crippen molar-refractivity contribution in [1.82, 2.24) is 14.8 Å². The van der Waals surface area contributed by atoms with Crippen LogP contribution in [0.15, 0.2) is 34.7 Å². The van der Waals surface area contributed by atoms with Gasteiger partial charge >= 0.3 is 0 Å². The van der Waals surface area contributed by atoms with E-state index < -0.39 is 0 Å². The number of hydrogen-bond acceptors (Lipinski definition) is 4. The van der Waals surface area contributed by atoms with Gasteiger partial charge in [0.15, 0.2) is 0 Å². The van der Waals surface area contributed by atoms with E-state index in [9.17, 15) is 0 Å². The molecule has 0 radical (unpaired) electrons. The third-order valence-corrected chi connectivity index (χ3v) is 3.46. The maximum absolute atomic E-state index is 5.71. The van der Waals surface area contributed by atoms with Crippen molar-refractivity contribution >= 4 is 10.9 Å². The second-order valence-corrected chi connectivity index (χ2v) is 4.79. The van der Waals surface area contributed by atoms with Gasteiger partial charge in [0.05, 0.1) is 6.61 Å². The third kappa shape index (κ3) is 2.69. The van der Waals surface area contributed by atoms with Crippen LogP contribution in [0.2, 0.25) is 0 Å². The number of fused-ring (bicyclic) bond motifs is 1. The Morgan fingerprint density at radius 1 is 1.19 bits per heavy atom. The zero-order valence-electron chi connectivity index (χ0n) is 12.4. The first-order valence-corrected chi connectivity index (χ1v) is 7.32. The predicted molar refractivity (Wildman–Crippen MR) is 81.1 cm³/mol. The van der Waals surface area contributed by atoms with Crippen molar-refractivity contribution in [2.45, 2.75) is 26.8 Å². The molecule has 0 bridgehead atoms. The summed E-state index contributed by atoms with van der Waals surface area (Å²) in [6.07, 6.45) is 0.742. The summed E-state index contributed by atoms with van der Waals surface area (Å²) in [6, 6.07) is 10.3. The van der Waals surface area contributed by atoms with E-state index in [0.717, 1.165) is 30.8 Å². The van der Waals surface area contributed by atoms with E-state index in [1.807, 2.05) is 26.0 Å². The van der Waals surface area contributed by atoms with Crippen molar-refractivity contribution in [1.29, 1.82) is 0 Å². The Hall–Kier alpha value is -2.14. The monoisotopic (exact) mass is 285 g/mol. The molecule has 0 N–H and O–H groups in total. The highest BCUT2D eigenvalue weighted by molar-refractivity contribution is 5.85. The molecular weight excluding hydrogens is 266 g/mol. The molecule has 0 aliphatic rings. The van der Waals surface area contributed by atoms with Crippen molar-refractivity contribution in [3.63, 3.8) is 0 Å². The first-order chi connectivity index (χ1) is 10.3. The van der Waals surface area contributed by atoms with Crippen molar-refractivity contribution < 1.29 is 9.15 Å². The summed E-state index contributed by atoms with van der Waals surface area (Å²) in [4.78, 5) is 0. The number of ether oxygens (including phenoxy) is 1. The van der Waals surface area contributed by atoms with Crippen LogP contribution in [0.25, 0.3) is 22.5 Å². The molecule has 110 valence electrons. The number of para-hydroxylation sites is 1. The quantitative estimate of drug-likeness (QED) is 0.652. The lowest BCUT2D eigenvalue weighted by molar-refractivity contribution is 0.140. The fourth-order valence-corrected chi connectivity index (χ4v) is 2.43.